The zero-order chi connectivity index (χ0) is 14.4. The van der Waals surface area contributed by atoms with Gasteiger partial charge in [-0.1, -0.05) is 12.2 Å². The van der Waals surface area contributed by atoms with Crippen molar-refractivity contribution < 1.29 is 9.53 Å². The first-order valence-corrected chi connectivity index (χ1v) is 6.36. The van der Waals surface area contributed by atoms with E-state index in [1.54, 1.807) is 13.8 Å². The number of carbonyl (C=O) groups excluding carboxylic acids is 1. The first-order valence-electron chi connectivity index (χ1n) is 5.96. The molecule has 1 aromatic rings. The molecule has 0 bridgehead atoms. The first-order chi connectivity index (χ1) is 8.95. The zero-order valence-electron chi connectivity index (χ0n) is 11.3. The van der Waals surface area contributed by atoms with Gasteiger partial charge in [0, 0.05) is 26.2 Å². The van der Waals surface area contributed by atoms with Crippen LogP contribution in [0.2, 0.25) is 0 Å². The third kappa shape index (κ3) is 4.44. The van der Waals surface area contributed by atoms with Gasteiger partial charge in [-0.3, -0.25) is 0 Å². The van der Waals surface area contributed by atoms with E-state index in [9.17, 15) is 4.79 Å². The normalized spacial score (nSPS) is 10.1. The van der Waals surface area contributed by atoms with E-state index in [1.807, 2.05) is 11.9 Å². The molecule has 2 N–H and O–H groups in total. The molecule has 0 aliphatic carbocycles. The van der Waals surface area contributed by atoms with Crippen LogP contribution in [0.5, 0.6) is 0 Å². The molecule has 0 fully saturated rings. The van der Waals surface area contributed by atoms with Crippen molar-refractivity contribution in [1.29, 1.82) is 0 Å². The summed E-state index contributed by atoms with van der Waals surface area (Å²) in [6.07, 6.45) is 2.07. The fraction of sp³-hybridized carbons (Fsp3) is 0.500. The summed E-state index contributed by atoms with van der Waals surface area (Å²) in [6.45, 7) is 4.46. The van der Waals surface area contributed by atoms with E-state index in [0.29, 0.717) is 41.8 Å². The second kappa shape index (κ2) is 6.98. The number of nitrogens with zero attached hydrogens (tertiary/aromatic N) is 3. The minimum atomic E-state index is -0.405. The van der Waals surface area contributed by atoms with Crippen molar-refractivity contribution in [1.82, 2.24) is 9.97 Å². The number of esters is 1. The van der Waals surface area contributed by atoms with Gasteiger partial charge in [-0.05, 0) is 13.8 Å². The Balaban J connectivity index is 2.81. The minimum absolute atomic E-state index is 0.327. The lowest BCUT2D eigenvalue weighted by Crippen LogP contribution is -2.25. The maximum Gasteiger partial charge on any atom is 0.341 e. The van der Waals surface area contributed by atoms with E-state index >= 15 is 0 Å². The molecule has 1 rings (SSSR count). The lowest BCUT2D eigenvalue weighted by molar-refractivity contribution is 0.0524. The Kier molecular flexibility index (Phi) is 5.62. The van der Waals surface area contributed by atoms with Gasteiger partial charge in [-0.25, -0.2) is 14.8 Å². The molecule has 0 saturated carbocycles. The third-order valence-corrected chi connectivity index (χ3v) is 2.70. The Morgan fingerprint density at radius 1 is 1.58 bits per heavy atom. The molecule has 0 aromatic carbocycles. The number of hydrogen-bond donors (Lipinski definition) is 1. The van der Waals surface area contributed by atoms with Crippen LogP contribution in [-0.4, -0.2) is 41.1 Å². The highest BCUT2D eigenvalue weighted by atomic mass is 32.1. The number of thiocarbonyl (C=S) groups is 1. The van der Waals surface area contributed by atoms with Crippen molar-refractivity contribution in [3.05, 3.63) is 17.5 Å². The van der Waals surface area contributed by atoms with E-state index in [-0.39, 0.29) is 0 Å². The predicted molar refractivity (Wildman–Crippen MR) is 77.4 cm³/mol. The van der Waals surface area contributed by atoms with Gasteiger partial charge in [-0.15, -0.1) is 0 Å². The fourth-order valence-corrected chi connectivity index (χ4v) is 1.52. The fourth-order valence-electron chi connectivity index (χ4n) is 1.43. The van der Waals surface area contributed by atoms with E-state index in [4.69, 9.17) is 22.7 Å². The number of carbonyl (C=O) groups is 1. The van der Waals surface area contributed by atoms with Gasteiger partial charge in [0.1, 0.15) is 0 Å². The summed E-state index contributed by atoms with van der Waals surface area (Å²) in [7, 11) is 1.84. The van der Waals surface area contributed by atoms with E-state index in [0.717, 1.165) is 0 Å². The summed E-state index contributed by atoms with van der Waals surface area (Å²) in [5.41, 5.74) is 6.42. The molecular weight excluding hydrogens is 264 g/mol. The van der Waals surface area contributed by atoms with E-state index in [1.165, 1.54) is 6.20 Å². The van der Waals surface area contributed by atoms with Crippen LogP contribution >= 0.6 is 12.2 Å². The number of rotatable bonds is 6. The standard InChI is InChI=1S/C12H18N4O2S/c1-4-18-11(17)9-7-14-12(15-8(9)2)16(3)6-5-10(13)19/h7H,4-6H2,1-3H3,(H2,13,19). The molecule has 104 valence electrons. The second-order valence-corrected chi connectivity index (χ2v) is 4.55. The van der Waals surface area contributed by atoms with Crippen molar-refractivity contribution in [3.63, 3.8) is 0 Å². The molecule has 0 aliphatic heterocycles. The molecule has 0 unspecified atom stereocenters. The average Bonchev–Trinajstić information content (AvgIpc) is 2.35. The molecular formula is C12H18N4O2S. The van der Waals surface area contributed by atoms with Crippen LogP contribution in [0, 0.1) is 6.92 Å². The smallest absolute Gasteiger partial charge is 0.341 e. The molecule has 1 heterocycles. The second-order valence-electron chi connectivity index (χ2n) is 4.03. The van der Waals surface area contributed by atoms with Gasteiger partial charge in [-0.2, -0.15) is 0 Å². The summed E-state index contributed by atoms with van der Waals surface area (Å²) in [6, 6.07) is 0. The number of ether oxygens (including phenoxy) is 1. The Morgan fingerprint density at radius 3 is 2.79 bits per heavy atom. The highest BCUT2D eigenvalue weighted by Gasteiger charge is 2.14. The Hall–Kier alpha value is -1.76. The van der Waals surface area contributed by atoms with Gasteiger partial charge in [0.2, 0.25) is 5.95 Å². The van der Waals surface area contributed by atoms with Gasteiger partial charge in [0.05, 0.1) is 22.9 Å². The molecule has 0 amide bonds. The Bertz CT molecular complexity index is 479. The van der Waals surface area contributed by atoms with E-state index < -0.39 is 5.97 Å². The van der Waals surface area contributed by atoms with Gasteiger partial charge in [0.25, 0.3) is 0 Å². The molecule has 0 aliphatic rings. The van der Waals surface area contributed by atoms with Gasteiger partial charge in [0.15, 0.2) is 0 Å². The summed E-state index contributed by atoms with van der Waals surface area (Å²) >= 11 is 4.82. The monoisotopic (exact) mass is 282 g/mol. The van der Waals surface area contributed by atoms with E-state index in [2.05, 4.69) is 9.97 Å². The summed E-state index contributed by atoms with van der Waals surface area (Å²) in [4.78, 5) is 22.3. The van der Waals surface area contributed by atoms with Gasteiger partial charge < -0.3 is 15.4 Å². The number of aromatic nitrogens is 2. The molecule has 0 radical (unpaired) electrons. The van der Waals surface area contributed by atoms with Crippen LogP contribution < -0.4 is 10.6 Å². The zero-order valence-corrected chi connectivity index (χ0v) is 12.2. The van der Waals surface area contributed by atoms with Crippen molar-refractivity contribution in [2.45, 2.75) is 20.3 Å². The van der Waals surface area contributed by atoms with Crippen LogP contribution in [0.3, 0.4) is 0 Å². The molecule has 6 nitrogen and oxygen atoms in total. The van der Waals surface area contributed by atoms with Crippen molar-refractivity contribution in [3.8, 4) is 0 Å². The van der Waals surface area contributed by atoms with Crippen molar-refractivity contribution >= 4 is 29.1 Å². The van der Waals surface area contributed by atoms with Crippen molar-refractivity contribution in [2.75, 3.05) is 25.1 Å². The van der Waals surface area contributed by atoms with Gasteiger partial charge >= 0.3 is 5.97 Å². The van der Waals surface area contributed by atoms with Crippen LogP contribution in [0.25, 0.3) is 0 Å². The lowest BCUT2D eigenvalue weighted by Gasteiger charge is -2.17. The summed E-state index contributed by atoms with van der Waals surface area (Å²) in [5.74, 6) is 0.124. The number of anilines is 1. The van der Waals surface area contributed by atoms with Crippen LogP contribution in [0.1, 0.15) is 29.4 Å². The Labute approximate surface area is 118 Å². The maximum atomic E-state index is 11.6. The predicted octanol–water partition coefficient (Wildman–Crippen LogP) is 1.07. The lowest BCUT2D eigenvalue weighted by atomic mass is 10.2. The average molecular weight is 282 g/mol. The highest BCUT2D eigenvalue weighted by Crippen LogP contribution is 2.11. The molecule has 19 heavy (non-hydrogen) atoms. The first kappa shape index (κ1) is 15.3. The topological polar surface area (TPSA) is 81.3 Å². The summed E-state index contributed by atoms with van der Waals surface area (Å²) < 4.78 is 4.92. The number of aryl methyl sites for hydroxylation is 1. The maximum absolute atomic E-state index is 11.6. The number of hydrogen-bond acceptors (Lipinski definition) is 6. The molecule has 0 saturated heterocycles. The summed E-state index contributed by atoms with van der Waals surface area (Å²) in [5, 5.41) is 0. The van der Waals surface area contributed by atoms with Crippen molar-refractivity contribution in [2.24, 2.45) is 5.73 Å². The number of nitrogens with two attached hydrogens (primary N) is 1. The molecule has 0 atom stereocenters. The third-order valence-electron chi connectivity index (χ3n) is 2.50. The molecule has 1 aromatic heterocycles. The molecule has 7 heteroatoms. The van der Waals surface area contributed by atoms with Crippen LogP contribution in [0.4, 0.5) is 5.95 Å². The Morgan fingerprint density at radius 2 is 2.26 bits per heavy atom. The minimum Gasteiger partial charge on any atom is -0.462 e. The highest BCUT2D eigenvalue weighted by molar-refractivity contribution is 7.80. The van der Waals surface area contributed by atoms with Crippen LogP contribution in [0.15, 0.2) is 6.20 Å². The molecule has 0 spiro atoms. The quantitative estimate of drug-likeness (QED) is 0.617. The SMILES string of the molecule is CCOC(=O)c1cnc(N(C)CCC(N)=S)nc1C. The largest absolute Gasteiger partial charge is 0.462 e. The van der Waals surface area contributed by atoms with Crippen LogP contribution in [-0.2, 0) is 4.74 Å².